The van der Waals surface area contributed by atoms with Crippen molar-refractivity contribution in [3.8, 4) is 10.6 Å². The molecular formula is C20H22N4O3S2. The van der Waals surface area contributed by atoms with Crippen molar-refractivity contribution in [3.05, 3.63) is 53.4 Å². The van der Waals surface area contributed by atoms with E-state index >= 15 is 0 Å². The van der Waals surface area contributed by atoms with Gasteiger partial charge in [0.15, 0.2) is 5.82 Å². The number of carbonyl (C=O) groups excluding carboxylic acids is 1. The zero-order valence-corrected chi connectivity index (χ0v) is 17.6. The predicted octanol–water partition coefficient (Wildman–Crippen LogP) is 3.81. The van der Waals surface area contributed by atoms with Crippen LogP contribution in [0.5, 0.6) is 0 Å². The first-order chi connectivity index (χ1) is 13.9. The lowest BCUT2D eigenvalue weighted by atomic mass is 10.0. The number of anilines is 1. The Morgan fingerprint density at radius 3 is 2.59 bits per heavy atom. The van der Waals surface area contributed by atoms with Crippen molar-refractivity contribution in [1.82, 2.24) is 14.5 Å². The van der Waals surface area contributed by atoms with E-state index in [1.54, 1.807) is 17.4 Å². The molecule has 1 aromatic carbocycles. The molecule has 3 heterocycles. The van der Waals surface area contributed by atoms with E-state index in [4.69, 9.17) is 0 Å². The fourth-order valence-corrected chi connectivity index (χ4v) is 5.45. The maximum absolute atomic E-state index is 12.8. The third-order valence-electron chi connectivity index (χ3n) is 5.10. The van der Waals surface area contributed by atoms with Gasteiger partial charge in [-0.25, -0.2) is 8.42 Å². The van der Waals surface area contributed by atoms with Gasteiger partial charge in [-0.2, -0.15) is 9.40 Å². The largest absolute Gasteiger partial charge is 0.305 e. The van der Waals surface area contributed by atoms with Gasteiger partial charge in [0, 0.05) is 24.7 Å². The predicted molar refractivity (Wildman–Crippen MR) is 113 cm³/mol. The van der Waals surface area contributed by atoms with Crippen molar-refractivity contribution in [2.45, 2.75) is 24.7 Å². The number of aromatic amines is 1. The number of amides is 1. The van der Waals surface area contributed by atoms with Gasteiger partial charge in [0.1, 0.15) is 0 Å². The molecule has 3 aromatic rings. The van der Waals surface area contributed by atoms with Crippen LogP contribution in [0.25, 0.3) is 10.6 Å². The number of thiophene rings is 1. The number of H-pyrrole nitrogens is 1. The summed E-state index contributed by atoms with van der Waals surface area (Å²) in [5.41, 5.74) is 1.20. The molecule has 1 saturated heterocycles. The number of aromatic nitrogens is 2. The molecule has 2 N–H and O–H groups in total. The van der Waals surface area contributed by atoms with E-state index in [-0.39, 0.29) is 10.8 Å². The Morgan fingerprint density at radius 2 is 1.93 bits per heavy atom. The van der Waals surface area contributed by atoms with Crippen molar-refractivity contribution in [1.29, 1.82) is 0 Å². The number of hydrogen-bond donors (Lipinski definition) is 2. The molecule has 4 rings (SSSR count). The van der Waals surface area contributed by atoms with Gasteiger partial charge < -0.3 is 5.32 Å². The molecule has 7 nitrogen and oxygen atoms in total. The summed E-state index contributed by atoms with van der Waals surface area (Å²) < 4.78 is 27.1. The van der Waals surface area contributed by atoms with Gasteiger partial charge in [0.2, 0.25) is 10.0 Å². The lowest BCUT2D eigenvalue weighted by molar-refractivity contribution is 0.102. The minimum absolute atomic E-state index is 0.211. The van der Waals surface area contributed by atoms with Crippen LogP contribution in [0.3, 0.4) is 0 Å². The molecule has 0 aliphatic carbocycles. The van der Waals surface area contributed by atoms with Crippen LogP contribution in [-0.2, 0) is 10.0 Å². The molecule has 2 aromatic heterocycles. The number of piperidine rings is 1. The topological polar surface area (TPSA) is 95.2 Å². The molecule has 9 heteroatoms. The third-order valence-corrected chi connectivity index (χ3v) is 7.92. The van der Waals surface area contributed by atoms with Crippen molar-refractivity contribution < 1.29 is 13.2 Å². The Labute approximate surface area is 173 Å². The number of hydrogen-bond acceptors (Lipinski definition) is 5. The van der Waals surface area contributed by atoms with E-state index in [9.17, 15) is 13.2 Å². The summed E-state index contributed by atoms with van der Waals surface area (Å²) in [6.45, 7) is 3.22. The van der Waals surface area contributed by atoms with Crippen molar-refractivity contribution in [2.24, 2.45) is 5.92 Å². The maximum Gasteiger partial charge on any atom is 0.256 e. The monoisotopic (exact) mass is 430 g/mol. The number of nitrogens with zero attached hydrogens (tertiary/aromatic N) is 2. The van der Waals surface area contributed by atoms with Crippen LogP contribution in [0, 0.1) is 5.92 Å². The van der Waals surface area contributed by atoms with Crippen molar-refractivity contribution in [2.75, 3.05) is 18.4 Å². The summed E-state index contributed by atoms with van der Waals surface area (Å²) in [5.74, 6) is 0.623. The van der Waals surface area contributed by atoms with E-state index in [0.29, 0.717) is 30.4 Å². The number of nitrogens with one attached hydrogen (secondary N) is 2. The minimum Gasteiger partial charge on any atom is -0.305 e. The molecule has 1 aliphatic heterocycles. The first-order valence-corrected chi connectivity index (χ1v) is 11.8. The van der Waals surface area contributed by atoms with Gasteiger partial charge in [0.25, 0.3) is 5.91 Å². The van der Waals surface area contributed by atoms with Crippen LogP contribution in [0.1, 0.15) is 30.1 Å². The van der Waals surface area contributed by atoms with Gasteiger partial charge in [-0.1, -0.05) is 13.0 Å². The van der Waals surface area contributed by atoms with E-state index < -0.39 is 10.0 Å². The number of rotatable bonds is 5. The van der Waals surface area contributed by atoms with Gasteiger partial charge in [0.05, 0.1) is 15.5 Å². The van der Waals surface area contributed by atoms with Crippen LogP contribution in [-0.4, -0.2) is 41.9 Å². The molecule has 0 radical (unpaired) electrons. The Bertz CT molecular complexity index is 1080. The molecule has 0 spiro atoms. The summed E-state index contributed by atoms with van der Waals surface area (Å²) in [6.07, 6.45) is 1.74. The Morgan fingerprint density at radius 1 is 1.21 bits per heavy atom. The van der Waals surface area contributed by atoms with Crippen LogP contribution < -0.4 is 5.32 Å². The third kappa shape index (κ3) is 4.26. The molecule has 0 unspecified atom stereocenters. The molecule has 0 atom stereocenters. The molecule has 0 saturated carbocycles. The van der Waals surface area contributed by atoms with Crippen molar-refractivity contribution >= 4 is 33.1 Å². The second-order valence-electron chi connectivity index (χ2n) is 7.21. The average molecular weight is 431 g/mol. The summed E-state index contributed by atoms with van der Waals surface area (Å²) in [6, 6.07) is 11.7. The molecule has 1 fully saturated rings. The first-order valence-electron chi connectivity index (χ1n) is 9.44. The molecule has 1 amide bonds. The summed E-state index contributed by atoms with van der Waals surface area (Å²) in [7, 11) is -3.52. The van der Waals surface area contributed by atoms with Gasteiger partial charge >= 0.3 is 0 Å². The highest BCUT2D eigenvalue weighted by Crippen LogP contribution is 2.25. The highest BCUT2D eigenvalue weighted by molar-refractivity contribution is 7.89. The zero-order chi connectivity index (χ0) is 20.4. The Kier molecular flexibility index (Phi) is 5.53. The number of benzene rings is 1. The highest BCUT2D eigenvalue weighted by atomic mass is 32.2. The van der Waals surface area contributed by atoms with E-state index in [1.807, 2.05) is 17.5 Å². The number of carbonyl (C=O) groups is 1. The molecule has 0 bridgehead atoms. The molecule has 152 valence electrons. The second-order valence-corrected chi connectivity index (χ2v) is 10.1. The maximum atomic E-state index is 12.8. The standard InChI is InChI=1S/C20H22N4O3S2/c1-14-8-10-24(11-9-14)29(26,27)16-6-4-15(5-7-16)20(25)21-19-13-17(22-23-19)18-3-2-12-28-18/h2-7,12-14H,8-11H2,1H3,(H2,21,22,23,25). The average Bonchev–Trinajstić information content (AvgIpc) is 3.40. The quantitative estimate of drug-likeness (QED) is 0.643. The Balaban J connectivity index is 1.44. The van der Waals surface area contributed by atoms with Gasteiger partial charge in [-0.05, 0) is 54.5 Å². The fraction of sp³-hybridized carbons (Fsp3) is 0.300. The second kappa shape index (κ2) is 8.10. The summed E-state index contributed by atoms with van der Waals surface area (Å²) >= 11 is 1.58. The highest BCUT2D eigenvalue weighted by Gasteiger charge is 2.28. The fourth-order valence-electron chi connectivity index (χ4n) is 3.28. The molecular weight excluding hydrogens is 408 g/mol. The van der Waals surface area contributed by atoms with E-state index in [1.165, 1.54) is 28.6 Å². The Hall–Kier alpha value is -2.49. The summed E-state index contributed by atoms with van der Waals surface area (Å²) in [5, 5.41) is 11.7. The lowest BCUT2D eigenvalue weighted by Crippen LogP contribution is -2.37. The SMILES string of the molecule is CC1CCN(S(=O)(=O)c2ccc(C(=O)Nc3cc(-c4cccs4)[nH]n3)cc2)CC1. The first kappa shape index (κ1) is 19.8. The van der Waals surface area contributed by atoms with E-state index in [2.05, 4.69) is 22.4 Å². The minimum atomic E-state index is -3.52. The van der Waals surface area contributed by atoms with Crippen LogP contribution in [0.2, 0.25) is 0 Å². The molecule has 1 aliphatic rings. The smallest absolute Gasteiger partial charge is 0.256 e. The molecule has 29 heavy (non-hydrogen) atoms. The van der Waals surface area contributed by atoms with Gasteiger partial charge in [-0.15, -0.1) is 11.3 Å². The summed E-state index contributed by atoms with van der Waals surface area (Å²) in [4.78, 5) is 13.7. The van der Waals surface area contributed by atoms with Crippen LogP contribution in [0.15, 0.2) is 52.7 Å². The van der Waals surface area contributed by atoms with Crippen LogP contribution >= 0.6 is 11.3 Å². The lowest BCUT2D eigenvalue weighted by Gasteiger charge is -2.29. The zero-order valence-electron chi connectivity index (χ0n) is 16.0. The number of sulfonamides is 1. The van der Waals surface area contributed by atoms with Crippen LogP contribution in [0.4, 0.5) is 5.82 Å². The van der Waals surface area contributed by atoms with Gasteiger partial charge in [-0.3, -0.25) is 9.89 Å². The van der Waals surface area contributed by atoms with E-state index in [0.717, 1.165) is 23.4 Å². The van der Waals surface area contributed by atoms with Crippen molar-refractivity contribution in [3.63, 3.8) is 0 Å². The normalized spacial score (nSPS) is 16.0.